The minimum absolute atomic E-state index is 0.266. The number of hydrogen-bond donors (Lipinski definition) is 5. The first-order chi connectivity index (χ1) is 17.9. The minimum Gasteiger partial charge on any atom is -0.495 e. The zero-order valence-electron chi connectivity index (χ0n) is 20.9. The zero-order chi connectivity index (χ0) is 26.2. The normalized spacial score (nSPS) is 11.6. The van der Waals surface area contributed by atoms with E-state index in [1.807, 2.05) is 86.6 Å². The summed E-state index contributed by atoms with van der Waals surface area (Å²) in [6.07, 6.45) is 0. The van der Waals surface area contributed by atoms with Crippen molar-refractivity contribution in [2.75, 3.05) is 34.7 Å². The van der Waals surface area contributed by atoms with E-state index in [0.29, 0.717) is 28.8 Å². The Balaban J connectivity index is 1.63. The zero-order valence-corrected chi connectivity index (χ0v) is 20.9. The Bertz CT molecular complexity index is 1370. The van der Waals surface area contributed by atoms with Gasteiger partial charge in [0.15, 0.2) is 5.82 Å². The van der Waals surface area contributed by atoms with Gasteiger partial charge in [0.2, 0.25) is 5.95 Å². The summed E-state index contributed by atoms with van der Waals surface area (Å²) in [6, 6.07) is 24.3. The van der Waals surface area contributed by atoms with Crippen LogP contribution in [-0.2, 0) is 0 Å². The summed E-state index contributed by atoms with van der Waals surface area (Å²) in [5, 5.41) is 12.2. The molecule has 0 radical (unpaired) electrons. The first-order valence-electron chi connectivity index (χ1n) is 11.5. The fraction of sp³-hybridized carbons (Fsp3) is 0.111. The highest BCUT2D eigenvalue weighted by Gasteiger charge is 2.09. The van der Waals surface area contributed by atoms with Gasteiger partial charge in [-0.1, -0.05) is 36.4 Å². The Kier molecular flexibility index (Phi) is 7.79. The van der Waals surface area contributed by atoms with Gasteiger partial charge in [0.05, 0.1) is 24.2 Å². The molecule has 0 unspecified atom stereocenters. The second-order valence-corrected chi connectivity index (χ2v) is 8.16. The lowest BCUT2D eigenvalue weighted by Crippen LogP contribution is -2.07. The number of nitrogens with two attached hydrogens (primary N) is 2. The van der Waals surface area contributed by atoms with E-state index in [1.165, 1.54) is 0 Å². The van der Waals surface area contributed by atoms with Crippen molar-refractivity contribution in [1.29, 1.82) is 0 Å². The van der Waals surface area contributed by atoms with E-state index in [1.54, 1.807) is 13.2 Å². The molecule has 0 bridgehead atoms. The third-order valence-corrected chi connectivity index (χ3v) is 5.37. The topological polar surface area (TPSA) is 148 Å². The SMILES string of the molecule is COc1ccccc1Nc1cc(NN=C(C)c2cccc(N)c2)nc(NN=C(C)c2cccc(N)c2)n1. The van der Waals surface area contributed by atoms with Gasteiger partial charge in [-0.25, -0.2) is 5.43 Å². The van der Waals surface area contributed by atoms with Gasteiger partial charge in [-0.15, -0.1) is 0 Å². The van der Waals surface area contributed by atoms with Crippen molar-refractivity contribution < 1.29 is 4.74 Å². The summed E-state index contributed by atoms with van der Waals surface area (Å²) in [6.45, 7) is 3.76. The van der Waals surface area contributed by atoms with Crippen LogP contribution in [0.3, 0.4) is 0 Å². The van der Waals surface area contributed by atoms with Crippen molar-refractivity contribution in [3.05, 3.63) is 90.0 Å². The standard InChI is InChI=1S/C27H29N9O/c1-17(19-8-6-10-21(28)14-19)33-35-26-16-25(30-23-12-4-5-13-24(23)37-3)31-27(32-26)36-34-18(2)20-9-7-11-22(29)15-20/h4-16H,28-29H2,1-3H3,(H3,30,31,32,35,36). The molecule has 188 valence electrons. The number of methoxy groups -OCH3 is 1. The van der Waals surface area contributed by atoms with Crippen LogP contribution in [0.2, 0.25) is 0 Å². The van der Waals surface area contributed by atoms with Crippen LogP contribution < -0.4 is 32.4 Å². The van der Waals surface area contributed by atoms with Crippen LogP contribution in [0.25, 0.3) is 0 Å². The van der Waals surface area contributed by atoms with Gasteiger partial charge in [0, 0.05) is 17.4 Å². The number of nitrogens with one attached hydrogen (secondary N) is 3. The highest BCUT2D eigenvalue weighted by atomic mass is 16.5. The highest BCUT2D eigenvalue weighted by Crippen LogP contribution is 2.27. The largest absolute Gasteiger partial charge is 0.495 e. The Labute approximate surface area is 215 Å². The molecule has 7 N–H and O–H groups in total. The molecule has 0 spiro atoms. The van der Waals surface area contributed by atoms with E-state index < -0.39 is 0 Å². The van der Waals surface area contributed by atoms with Crippen molar-refractivity contribution in [2.45, 2.75) is 13.8 Å². The average Bonchev–Trinajstić information content (AvgIpc) is 2.90. The predicted molar refractivity (Wildman–Crippen MR) is 152 cm³/mol. The number of benzene rings is 3. The molecule has 0 aliphatic carbocycles. The van der Waals surface area contributed by atoms with Gasteiger partial charge in [-0.05, 0) is 61.4 Å². The maximum Gasteiger partial charge on any atom is 0.247 e. The monoisotopic (exact) mass is 495 g/mol. The van der Waals surface area contributed by atoms with Gasteiger partial charge in [-0.2, -0.15) is 20.2 Å². The fourth-order valence-corrected chi connectivity index (χ4v) is 3.44. The fourth-order valence-electron chi connectivity index (χ4n) is 3.44. The van der Waals surface area contributed by atoms with Crippen molar-refractivity contribution in [3.63, 3.8) is 0 Å². The molecule has 4 aromatic rings. The molecule has 0 saturated heterocycles. The molecule has 0 aliphatic rings. The summed E-state index contributed by atoms with van der Waals surface area (Å²) in [4.78, 5) is 9.07. The molecular weight excluding hydrogens is 466 g/mol. The number of rotatable bonds is 9. The first-order valence-corrected chi connectivity index (χ1v) is 11.5. The highest BCUT2D eigenvalue weighted by molar-refractivity contribution is 6.00. The van der Waals surface area contributed by atoms with Crippen LogP contribution in [0.4, 0.5) is 34.6 Å². The third kappa shape index (κ3) is 6.73. The van der Waals surface area contributed by atoms with Crippen molar-refractivity contribution in [3.8, 4) is 5.75 Å². The predicted octanol–water partition coefficient (Wildman–Crippen LogP) is 5.07. The molecular formula is C27H29N9O. The van der Waals surface area contributed by atoms with E-state index >= 15 is 0 Å². The summed E-state index contributed by atoms with van der Waals surface area (Å²) in [7, 11) is 1.61. The summed E-state index contributed by atoms with van der Waals surface area (Å²) >= 11 is 0. The lowest BCUT2D eigenvalue weighted by molar-refractivity contribution is 0.417. The number of aromatic nitrogens is 2. The van der Waals surface area contributed by atoms with Crippen LogP contribution in [0.5, 0.6) is 5.75 Å². The molecule has 37 heavy (non-hydrogen) atoms. The lowest BCUT2D eigenvalue weighted by Gasteiger charge is -2.12. The maximum atomic E-state index is 5.91. The number of para-hydroxylation sites is 2. The molecule has 0 amide bonds. The Morgan fingerprint density at radius 2 is 1.32 bits per heavy atom. The van der Waals surface area contributed by atoms with Crippen molar-refractivity contribution in [2.24, 2.45) is 10.2 Å². The van der Waals surface area contributed by atoms with E-state index in [4.69, 9.17) is 16.2 Å². The molecule has 4 rings (SSSR count). The van der Waals surface area contributed by atoms with Gasteiger partial charge < -0.3 is 21.5 Å². The Hall–Kier alpha value is -5.12. The third-order valence-electron chi connectivity index (χ3n) is 5.37. The quantitative estimate of drug-likeness (QED) is 0.123. The minimum atomic E-state index is 0.266. The molecule has 10 heteroatoms. The maximum absolute atomic E-state index is 5.91. The molecule has 0 fully saturated rings. The van der Waals surface area contributed by atoms with Crippen LogP contribution in [0.1, 0.15) is 25.0 Å². The molecule has 3 aromatic carbocycles. The van der Waals surface area contributed by atoms with Crippen molar-refractivity contribution in [1.82, 2.24) is 9.97 Å². The molecule has 0 atom stereocenters. The summed E-state index contributed by atoms with van der Waals surface area (Å²) < 4.78 is 5.45. The van der Waals surface area contributed by atoms with Gasteiger partial charge in [-0.3, -0.25) is 5.43 Å². The summed E-state index contributed by atoms with van der Waals surface area (Å²) in [5.74, 6) is 1.91. The smallest absolute Gasteiger partial charge is 0.247 e. The molecule has 0 aliphatic heterocycles. The first kappa shape index (κ1) is 25.0. The van der Waals surface area contributed by atoms with Crippen LogP contribution >= 0.6 is 0 Å². The summed E-state index contributed by atoms with van der Waals surface area (Å²) in [5.41, 5.74) is 23.1. The number of hydrogen-bond acceptors (Lipinski definition) is 10. The Morgan fingerprint density at radius 1 is 0.730 bits per heavy atom. The van der Waals surface area contributed by atoms with E-state index in [2.05, 4.69) is 36.3 Å². The number of hydrazone groups is 2. The average molecular weight is 496 g/mol. The van der Waals surface area contributed by atoms with Crippen LogP contribution in [0.15, 0.2) is 89.1 Å². The second kappa shape index (κ2) is 11.5. The number of nitrogen functional groups attached to an aromatic ring is 2. The molecule has 1 heterocycles. The van der Waals surface area contributed by atoms with Gasteiger partial charge in [0.1, 0.15) is 11.6 Å². The van der Waals surface area contributed by atoms with E-state index in [0.717, 1.165) is 28.2 Å². The van der Waals surface area contributed by atoms with Crippen LogP contribution in [0, 0.1) is 0 Å². The van der Waals surface area contributed by atoms with E-state index in [9.17, 15) is 0 Å². The Morgan fingerprint density at radius 3 is 1.95 bits per heavy atom. The molecule has 0 saturated carbocycles. The van der Waals surface area contributed by atoms with Crippen molar-refractivity contribution >= 4 is 46.1 Å². The second-order valence-electron chi connectivity index (χ2n) is 8.16. The van der Waals surface area contributed by atoms with Gasteiger partial charge in [0.25, 0.3) is 0 Å². The number of anilines is 6. The molecule has 10 nitrogen and oxygen atoms in total. The number of ether oxygens (including phenoxy) is 1. The van der Waals surface area contributed by atoms with Crippen LogP contribution in [-0.4, -0.2) is 28.5 Å². The molecule has 1 aromatic heterocycles. The number of nitrogens with zero attached hydrogens (tertiary/aromatic N) is 4. The van der Waals surface area contributed by atoms with Gasteiger partial charge >= 0.3 is 0 Å². The van der Waals surface area contributed by atoms with E-state index in [-0.39, 0.29) is 5.95 Å². The lowest BCUT2D eigenvalue weighted by atomic mass is 10.1.